The van der Waals surface area contributed by atoms with Gasteiger partial charge in [0.2, 0.25) is 0 Å². The van der Waals surface area contributed by atoms with Gasteiger partial charge in [0.25, 0.3) is 0 Å². The first-order valence-electron chi connectivity index (χ1n) is 7.95. The largest absolute Gasteiger partial charge is 0.263 e. The van der Waals surface area contributed by atoms with Crippen LogP contribution >= 0.6 is 11.9 Å². The lowest BCUT2D eigenvalue weighted by Gasteiger charge is -2.35. The summed E-state index contributed by atoms with van der Waals surface area (Å²) in [5.74, 6) is 0. The van der Waals surface area contributed by atoms with Crippen molar-refractivity contribution in [2.24, 2.45) is 0 Å². The maximum Gasteiger partial charge on any atom is 0.105 e. The molecule has 0 heterocycles. The molecule has 0 radical (unpaired) electrons. The van der Waals surface area contributed by atoms with Gasteiger partial charge in [0.1, 0.15) is 4.75 Å². The van der Waals surface area contributed by atoms with Crippen molar-refractivity contribution in [1.29, 1.82) is 0 Å². The molecule has 0 amide bonds. The zero-order chi connectivity index (χ0) is 16.0. The zero-order valence-electron chi connectivity index (χ0n) is 13.3. The summed E-state index contributed by atoms with van der Waals surface area (Å²) >= 11 is 1.78. The molecular formula is C21H21NS. The van der Waals surface area contributed by atoms with E-state index in [1.807, 2.05) is 0 Å². The summed E-state index contributed by atoms with van der Waals surface area (Å²) in [6.07, 6.45) is 0. The van der Waals surface area contributed by atoms with Crippen LogP contribution in [0.4, 0.5) is 0 Å². The lowest BCUT2D eigenvalue weighted by molar-refractivity contribution is 0.875. The molecule has 0 spiro atoms. The molecule has 0 aliphatic carbocycles. The predicted molar refractivity (Wildman–Crippen MR) is 100 cm³/mol. The van der Waals surface area contributed by atoms with Gasteiger partial charge < -0.3 is 0 Å². The van der Waals surface area contributed by atoms with Gasteiger partial charge in [-0.2, -0.15) is 0 Å². The van der Waals surface area contributed by atoms with Crippen LogP contribution in [0.1, 0.15) is 23.6 Å². The molecule has 116 valence electrons. The summed E-state index contributed by atoms with van der Waals surface area (Å²) in [5, 5.41) is 0. The Morgan fingerprint density at radius 3 is 1.30 bits per heavy atom. The van der Waals surface area contributed by atoms with E-state index < -0.39 is 0 Å². The van der Waals surface area contributed by atoms with Gasteiger partial charge in [-0.1, -0.05) is 110 Å². The first-order chi connectivity index (χ1) is 11.4. The molecule has 23 heavy (non-hydrogen) atoms. The Labute approximate surface area is 142 Å². The highest BCUT2D eigenvalue weighted by molar-refractivity contribution is 7.98. The summed E-state index contributed by atoms with van der Waals surface area (Å²) in [4.78, 5) is 0. The van der Waals surface area contributed by atoms with E-state index in [2.05, 4.69) is 103 Å². The quantitative estimate of drug-likeness (QED) is 0.493. The van der Waals surface area contributed by atoms with Gasteiger partial charge >= 0.3 is 0 Å². The summed E-state index contributed by atoms with van der Waals surface area (Å²) in [6, 6.07) is 32.2. The van der Waals surface area contributed by atoms with Crippen molar-refractivity contribution in [3.63, 3.8) is 0 Å². The maximum atomic E-state index is 3.50. The van der Waals surface area contributed by atoms with Crippen molar-refractivity contribution in [3.05, 3.63) is 108 Å². The minimum absolute atomic E-state index is 0.264. The monoisotopic (exact) mass is 319 g/mol. The van der Waals surface area contributed by atoms with Gasteiger partial charge in [-0.05, 0) is 16.7 Å². The summed E-state index contributed by atoms with van der Waals surface area (Å²) in [6.45, 7) is 3.05. The average molecular weight is 319 g/mol. The van der Waals surface area contributed by atoms with Crippen LogP contribution < -0.4 is 4.72 Å². The molecule has 2 heteroatoms. The van der Waals surface area contributed by atoms with Crippen LogP contribution in [0.3, 0.4) is 0 Å². The van der Waals surface area contributed by atoms with Crippen molar-refractivity contribution in [2.75, 3.05) is 6.54 Å². The number of hydrogen-bond donors (Lipinski definition) is 1. The van der Waals surface area contributed by atoms with Gasteiger partial charge in [0.15, 0.2) is 0 Å². The van der Waals surface area contributed by atoms with Crippen LogP contribution in [0.15, 0.2) is 91.0 Å². The smallest absolute Gasteiger partial charge is 0.105 e. The zero-order valence-corrected chi connectivity index (χ0v) is 14.1. The van der Waals surface area contributed by atoms with E-state index in [4.69, 9.17) is 0 Å². The number of benzene rings is 3. The van der Waals surface area contributed by atoms with Crippen LogP contribution in [0, 0.1) is 0 Å². The highest BCUT2D eigenvalue weighted by Crippen LogP contribution is 2.46. The third kappa shape index (κ3) is 3.19. The van der Waals surface area contributed by atoms with E-state index >= 15 is 0 Å². The second-order valence-electron chi connectivity index (χ2n) is 5.38. The molecule has 0 aliphatic rings. The normalized spacial score (nSPS) is 11.3. The Balaban J connectivity index is 2.25. The van der Waals surface area contributed by atoms with Crippen LogP contribution in [0.5, 0.6) is 0 Å². The van der Waals surface area contributed by atoms with Crippen molar-refractivity contribution in [3.8, 4) is 0 Å². The van der Waals surface area contributed by atoms with E-state index in [1.165, 1.54) is 16.7 Å². The predicted octanol–water partition coefficient (Wildman–Crippen LogP) is 5.24. The van der Waals surface area contributed by atoms with Crippen LogP contribution in [-0.2, 0) is 4.75 Å². The molecule has 3 aromatic carbocycles. The molecule has 0 saturated carbocycles. The fourth-order valence-corrected chi connectivity index (χ4v) is 4.00. The molecule has 0 fully saturated rings. The highest BCUT2D eigenvalue weighted by Gasteiger charge is 2.36. The van der Waals surface area contributed by atoms with Crippen molar-refractivity contribution >= 4 is 11.9 Å². The van der Waals surface area contributed by atoms with E-state index in [9.17, 15) is 0 Å². The fourth-order valence-electron chi connectivity index (χ4n) is 2.88. The van der Waals surface area contributed by atoms with E-state index in [1.54, 1.807) is 11.9 Å². The molecule has 1 nitrogen and oxygen atoms in total. The molecule has 0 unspecified atom stereocenters. The lowest BCUT2D eigenvalue weighted by Crippen LogP contribution is -2.29. The third-order valence-electron chi connectivity index (χ3n) is 3.91. The first-order valence-corrected chi connectivity index (χ1v) is 8.77. The van der Waals surface area contributed by atoms with Crippen molar-refractivity contribution in [2.45, 2.75) is 11.7 Å². The Morgan fingerprint density at radius 2 is 1.00 bits per heavy atom. The highest BCUT2D eigenvalue weighted by atomic mass is 32.2. The molecule has 0 aliphatic heterocycles. The fraction of sp³-hybridized carbons (Fsp3) is 0.143. The molecule has 0 aromatic heterocycles. The molecular weight excluding hydrogens is 298 g/mol. The summed E-state index contributed by atoms with van der Waals surface area (Å²) in [7, 11) is 0. The molecule has 0 saturated heterocycles. The van der Waals surface area contributed by atoms with Crippen LogP contribution in [0.25, 0.3) is 0 Å². The van der Waals surface area contributed by atoms with E-state index in [0.29, 0.717) is 0 Å². The Hall–Kier alpha value is -2.03. The van der Waals surface area contributed by atoms with Gasteiger partial charge in [-0.25, -0.2) is 0 Å². The Bertz CT molecular complexity index is 614. The molecule has 0 bridgehead atoms. The van der Waals surface area contributed by atoms with Gasteiger partial charge in [-0.15, -0.1) is 0 Å². The second-order valence-corrected chi connectivity index (χ2v) is 6.48. The van der Waals surface area contributed by atoms with Gasteiger partial charge in [0.05, 0.1) is 0 Å². The molecule has 1 N–H and O–H groups in total. The minimum Gasteiger partial charge on any atom is -0.263 e. The standard InChI is InChI=1S/C21H21NS/c1-2-22-23-21(18-12-6-3-7-13-18,19-14-8-4-9-15-19)20-16-10-5-11-17-20/h3-17,22H,2H2,1H3. The first kappa shape index (κ1) is 15.9. The van der Waals surface area contributed by atoms with Crippen LogP contribution in [0.2, 0.25) is 0 Å². The number of rotatable bonds is 6. The summed E-state index contributed by atoms with van der Waals surface area (Å²) < 4.78 is 3.24. The molecule has 3 aromatic rings. The van der Waals surface area contributed by atoms with Crippen molar-refractivity contribution < 1.29 is 0 Å². The lowest BCUT2D eigenvalue weighted by atomic mass is 9.84. The maximum absolute atomic E-state index is 3.50. The second kappa shape index (κ2) is 7.49. The SMILES string of the molecule is CCNSC(c1ccccc1)(c1ccccc1)c1ccccc1. The van der Waals surface area contributed by atoms with Crippen molar-refractivity contribution in [1.82, 2.24) is 4.72 Å². The third-order valence-corrected chi connectivity index (χ3v) is 5.36. The topological polar surface area (TPSA) is 12.0 Å². The number of nitrogens with one attached hydrogen (secondary N) is 1. The van der Waals surface area contributed by atoms with Gasteiger partial charge in [0, 0.05) is 6.54 Å². The van der Waals surface area contributed by atoms with E-state index in [-0.39, 0.29) is 4.75 Å². The summed E-state index contributed by atoms with van der Waals surface area (Å²) in [5.41, 5.74) is 3.84. The Morgan fingerprint density at radius 1 is 0.652 bits per heavy atom. The molecule has 0 atom stereocenters. The number of hydrogen-bond acceptors (Lipinski definition) is 2. The average Bonchev–Trinajstić information content (AvgIpc) is 2.65. The van der Waals surface area contributed by atoms with Crippen LogP contribution in [-0.4, -0.2) is 6.54 Å². The Kier molecular flexibility index (Phi) is 5.16. The minimum atomic E-state index is -0.264. The molecule has 3 rings (SSSR count). The van der Waals surface area contributed by atoms with E-state index in [0.717, 1.165) is 6.54 Å². The van der Waals surface area contributed by atoms with Gasteiger partial charge in [-0.3, -0.25) is 4.72 Å².